The van der Waals surface area contributed by atoms with Crippen molar-refractivity contribution in [1.29, 1.82) is 0 Å². The van der Waals surface area contributed by atoms with Gasteiger partial charge in [0.25, 0.3) is 0 Å². The van der Waals surface area contributed by atoms with E-state index in [4.69, 9.17) is 0 Å². The monoisotopic (exact) mass is 256 g/mol. The molecule has 1 aliphatic rings. The second-order valence-corrected chi connectivity index (χ2v) is 4.91. The van der Waals surface area contributed by atoms with Gasteiger partial charge < -0.3 is 4.79 Å². The molecule has 1 aliphatic carbocycles. The van der Waals surface area contributed by atoms with Crippen LogP contribution in [0.1, 0.15) is 43.2 Å². The summed E-state index contributed by atoms with van der Waals surface area (Å²) >= 11 is 0. The topological polar surface area (TPSA) is 17.1 Å². The normalized spacial score (nSPS) is 19.5. The zero-order chi connectivity index (χ0) is 13.2. The van der Waals surface area contributed by atoms with Crippen LogP contribution in [0.25, 0.3) is 0 Å². The van der Waals surface area contributed by atoms with Crippen molar-refractivity contribution in [2.24, 2.45) is 0 Å². The Morgan fingerprint density at radius 1 is 1.11 bits per heavy atom. The van der Waals surface area contributed by atoms with Crippen molar-refractivity contribution < 1.29 is 18.0 Å². The Bertz CT molecular complexity index is 431. The first kappa shape index (κ1) is 13.1. The maximum atomic E-state index is 12.7. The van der Waals surface area contributed by atoms with Gasteiger partial charge in [-0.25, -0.2) is 0 Å². The summed E-state index contributed by atoms with van der Waals surface area (Å²) in [6.07, 6.45) is 0.630. The summed E-state index contributed by atoms with van der Waals surface area (Å²) in [5.74, 6) is 0. The molecule has 18 heavy (non-hydrogen) atoms. The van der Waals surface area contributed by atoms with Crippen LogP contribution in [-0.4, -0.2) is 6.29 Å². The van der Waals surface area contributed by atoms with Crippen LogP contribution < -0.4 is 0 Å². The highest BCUT2D eigenvalue weighted by Gasteiger charge is 2.36. The summed E-state index contributed by atoms with van der Waals surface area (Å²) in [6.45, 7) is 0. The van der Waals surface area contributed by atoms with E-state index < -0.39 is 17.2 Å². The lowest BCUT2D eigenvalue weighted by Gasteiger charge is -2.32. The first-order chi connectivity index (χ1) is 8.48. The van der Waals surface area contributed by atoms with E-state index in [0.717, 1.165) is 37.7 Å². The smallest absolute Gasteiger partial charge is 0.302 e. The maximum absolute atomic E-state index is 12.7. The number of benzene rings is 1. The maximum Gasteiger partial charge on any atom is 0.416 e. The lowest BCUT2D eigenvalue weighted by atomic mass is 9.70. The number of carbonyl (C=O) groups is 1. The van der Waals surface area contributed by atoms with E-state index in [2.05, 4.69) is 0 Å². The molecule has 0 bridgehead atoms. The lowest BCUT2D eigenvalue weighted by molar-refractivity contribution is -0.137. The van der Waals surface area contributed by atoms with Crippen LogP contribution in [0.3, 0.4) is 0 Å². The standard InChI is InChI=1S/C14H15F3O/c15-14(16,17)12-6-4-5-11(9-12)13(10-18)7-2-1-3-8-13/h4-6,9-10H,1-3,7-8H2. The summed E-state index contributed by atoms with van der Waals surface area (Å²) in [7, 11) is 0. The number of hydrogen-bond acceptors (Lipinski definition) is 1. The van der Waals surface area contributed by atoms with Crippen molar-refractivity contribution in [3.63, 3.8) is 0 Å². The number of halogens is 3. The van der Waals surface area contributed by atoms with Gasteiger partial charge in [0.15, 0.2) is 0 Å². The van der Waals surface area contributed by atoms with Crippen LogP contribution in [0.15, 0.2) is 24.3 Å². The molecule has 0 heterocycles. The molecule has 0 saturated heterocycles. The lowest BCUT2D eigenvalue weighted by Crippen LogP contribution is -2.31. The molecule has 98 valence electrons. The molecule has 0 atom stereocenters. The summed E-state index contributed by atoms with van der Waals surface area (Å²) in [5.41, 5.74) is -0.877. The molecule has 0 unspecified atom stereocenters. The van der Waals surface area contributed by atoms with Crippen molar-refractivity contribution in [3.8, 4) is 0 Å². The third-order valence-corrected chi connectivity index (χ3v) is 3.74. The molecule has 0 radical (unpaired) electrons. The van der Waals surface area contributed by atoms with Crippen LogP contribution in [0.4, 0.5) is 13.2 Å². The minimum absolute atomic E-state index is 0.507. The highest BCUT2D eigenvalue weighted by atomic mass is 19.4. The molecule has 0 amide bonds. The second-order valence-electron chi connectivity index (χ2n) is 4.91. The van der Waals surface area contributed by atoms with Crippen LogP contribution in [0, 0.1) is 0 Å². The van der Waals surface area contributed by atoms with E-state index in [1.807, 2.05) is 0 Å². The van der Waals surface area contributed by atoms with Crippen molar-refractivity contribution in [2.45, 2.75) is 43.7 Å². The Morgan fingerprint density at radius 2 is 1.78 bits per heavy atom. The summed E-state index contributed by atoms with van der Waals surface area (Å²) in [4.78, 5) is 11.4. The zero-order valence-electron chi connectivity index (χ0n) is 9.96. The minimum Gasteiger partial charge on any atom is -0.302 e. The number of hydrogen-bond donors (Lipinski definition) is 0. The Kier molecular flexibility index (Phi) is 3.46. The molecule has 1 fully saturated rings. The largest absolute Gasteiger partial charge is 0.416 e. The highest BCUT2D eigenvalue weighted by Crippen LogP contribution is 2.39. The molecule has 1 aromatic carbocycles. The molecule has 1 nitrogen and oxygen atoms in total. The quantitative estimate of drug-likeness (QED) is 0.728. The van der Waals surface area contributed by atoms with Crippen LogP contribution in [0.5, 0.6) is 0 Å². The van der Waals surface area contributed by atoms with Gasteiger partial charge in [-0.2, -0.15) is 13.2 Å². The van der Waals surface area contributed by atoms with Crippen LogP contribution in [0.2, 0.25) is 0 Å². The van der Waals surface area contributed by atoms with Gasteiger partial charge >= 0.3 is 6.18 Å². The predicted molar refractivity (Wildman–Crippen MR) is 62.3 cm³/mol. The Hall–Kier alpha value is -1.32. The third kappa shape index (κ3) is 2.42. The van der Waals surface area contributed by atoms with E-state index in [1.165, 1.54) is 6.07 Å². The van der Waals surface area contributed by atoms with Gasteiger partial charge in [0.2, 0.25) is 0 Å². The van der Waals surface area contributed by atoms with Gasteiger partial charge in [0.1, 0.15) is 6.29 Å². The number of aldehydes is 1. The van der Waals surface area contributed by atoms with E-state index >= 15 is 0 Å². The SMILES string of the molecule is O=CC1(c2cccc(C(F)(F)F)c2)CCCCC1. The Morgan fingerprint density at radius 3 is 2.33 bits per heavy atom. The summed E-state index contributed by atoms with van der Waals surface area (Å²) in [6, 6.07) is 5.19. The van der Waals surface area contributed by atoms with Gasteiger partial charge in [-0.15, -0.1) is 0 Å². The molecule has 4 heteroatoms. The van der Waals surface area contributed by atoms with Gasteiger partial charge in [-0.05, 0) is 24.5 Å². The van der Waals surface area contributed by atoms with Crippen molar-refractivity contribution in [2.75, 3.05) is 0 Å². The van der Waals surface area contributed by atoms with Crippen LogP contribution in [-0.2, 0) is 16.4 Å². The molecular weight excluding hydrogens is 241 g/mol. The number of carbonyl (C=O) groups excluding carboxylic acids is 1. The van der Waals surface area contributed by atoms with Crippen molar-refractivity contribution >= 4 is 6.29 Å². The molecule has 1 saturated carbocycles. The van der Waals surface area contributed by atoms with Crippen molar-refractivity contribution in [3.05, 3.63) is 35.4 Å². The predicted octanol–water partition coefficient (Wildman–Crippen LogP) is 4.11. The average Bonchev–Trinajstić information content (AvgIpc) is 2.39. The summed E-state index contributed by atoms with van der Waals surface area (Å²) in [5, 5.41) is 0. The van der Waals surface area contributed by atoms with Crippen LogP contribution >= 0.6 is 0 Å². The van der Waals surface area contributed by atoms with Gasteiger partial charge in [0.05, 0.1) is 11.0 Å². The molecular formula is C14H15F3O. The first-order valence-corrected chi connectivity index (χ1v) is 6.12. The zero-order valence-corrected chi connectivity index (χ0v) is 9.96. The molecule has 0 spiro atoms. The summed E-state index contributed by atoms with van der Waals surface area (Å²) < 4.78 is 38.0. The molecule has 1 aromatic rings. The van der Waals surface area contributed by atoms with Gasteiger partial charge in [0, 0.05) is 0 Å². The fraction of sp³-hybridized carbons (Fsp3) is 0.500. The van der Waals surface area contributed by atoms with E-state index in [-0.39, 0.29) is 0 Å². The highest BCUT2D eigenvalue weighted by molar-refractivity contribution is 5.69. The fourth-order valence-corrected chi connectivity index (χ4v) is 2.66. The third-order valence-electron chi connectivity index (χ3n) is 3.74. The van der Waals surface area contributed by atoms with Gasteiger partial charge in [-0.1, -0.05) is 37.5 Å². The fourth-order valence-electron chi connectivity index (χ4n) is 2.66. The van der Waals surface area contributed by atoms with E-state index in [1.54, 1.807) is 6.07 Å². The Labute approximate surface area is 104 Å². The number of rotatable bonds is 2. The molecule has 0 aromatic heterocycles. The van der Waals surface area contributed by atoms with E-state index in [9.17, 15) is 18.0 Å². The number of alkyl halides is 3. The molecule has 2 rings (SSSR count). The first-order valence-electron chi connectivity index (χ1n) is 6.12. The van der Waals surface area contributed by atoms with E-state index in [0.29, 0.717) is 18.4 Å². The van der Waals surface area contributed by atoms with Crippen molar-refractivity contribution in [1.82, 2.24) is 0 Å². The Balaban J connectivity index is 2.40. The van der Waals surface area contributed by atoms with Gasteiger partial charge in [-0.3, -0.25) is 0 Å². The molecule has 0 N–H and O–H groups in total. The average molecular weight is 256 g/mol. The molecule has 0 aliphatic heterocycles. The second kappa shape index (κ2) is 4.75. The minimum atomic E-state index is -4.35.